The molecule has 0 aromatic heterocycles. The van der Waals surface area contributed by atoms with Crippen LogP contribution in [-0.4, -0.2) is 25.5 Å². The Morgan fingerprint density at radius 2 is 2.14 bits per heavy atom. The van der Waals surface area contributed by atoms with Gasteiger partial charge < -0.3 is 9.66 Å². The van der Waals surface area contributed by atoms with Gasteiger partial charge in [-0.25, -0.2) is 9.00 Å². The lowest BCUT2D eigenvalue weighted by Gasteiger charge is -2.36. The Morgan fingerprint density at radius 1 is 1.52 bits per heavy atom. The fourth-order valence-electron chi connectivity index (χ4n) is 1.97. The Bertz CT molecular complexity index is 532. The van der Waals surface area contributed by atoms with Crippen molar-refractivity contribution in [1.29, 1.82) is 0 Å². The number of nitrogens with zero attached hydrogens (tertiary/aromatic N) is 1. The van der Waals surface area contributed by atoms with Crippen molar-refractivity contribution in [3.05, 3.63) is 29.8 Å². The number of hydrogen-bond acceptors (Lipinski definition) is 4. The number of benzene rings is 1. The van der Waals surface area contributed by atoms with Crippen molar-refractivity contribution in [3.63, 3.8) is 0 Å². The van der Waals surface area contributed by atoms with E-state index in [1.165, 1.54) is 4.90 Å². The van der Waals surface area contributed by atoms with Crippen molar-refractivity contribution in [2.45, 2.75) is 45.8 Å². The summed E-state index contributed by atoms with van der Waals surface area (Å²) in [5.74, 6) is 0. The van der Waals surface area contributed by atoms with E-state index in [-0.39, 0.29) is 0 Å². The van der Waals surface area contributed by atoms with Crippen molar-refractivity contribution in [3.8, 4) is 0 Å². The van der Waals surface area contributed by atoms with Crippen LogP contribution in [0, 0.1) is 0 Å². The van der Waals surface area contributed by atoms with E-state index in [2.05, 4.69) is 0 Å². The average molecular weight is 314 g/mol. The summed E-state index contributed by atoms with van der Waals surface area (Å²) in [5.41, 5.74) is 0.504. The second-order valence-electron chi connectivity index (χ2n) is 5.32. The van der Waals surface area contributed by atoms with Gasteiger partial charge in [0.25, 0.3) is 0 Å². The Hall–Kier alpha value is -1.44. The van der Waals surface area contributed by atoms with Crippen LogP contribution in [-0.2, 0) is 15.5 Å². The zero-order chi connectivity index (χ0) is 16.2. The first-order valence-electron chi connectivity index (χ1n) is 6.58. The summed E-state index contributed by atoms with van der Waals surface area (Å²) in [6, 6.07) is 6.68. The van der Waals surface area contributed by atoms with Gasteiger partial charge in [-0.3, -0.25) is 9.08 Å². The summed E-state index contributed by atoms with van der Waals surface area (Å²) in [7, 11) is 0. The highest BCUT2D eigenvalue weighted by Gasteiger charge is 2.30. The lowest BCUT2D eigenvalue weighted by atomic mass is 9.98. The van der Waals surface area contributed by atoms with Crippen LogP contribution in [0.1, 0.15) is 45.8 Å². The predicted octanol–water partition coefficient (Wildman–Crippen LogP) is 3.23. The molecule has 0 aliphatic carbocycles. The number of rotatable bonds is 6. The quantitative estimate of drug-likeness (QED) is 0.814. The maximum atomic E-state index is 11.6. The SMILES string of the molecule is CCC(C)(C)N(C(=O)O)c1cccc(C(C)OS(=O)[O-])c1. The van der Waals surface area contributed by atoms with Crippen LogP contribution in [0.5, 0.6) is 0 Å². The van der Waals surface area contributed by atoms with Crippen molar-refractivity contribution in [1.82, 2.24) is 0 Å². The predicted molar refractivity (Wildman–Crippen MR) is 79.7 cm³/mol. The first-order valence-corrected chi connectivity index (χ1v) is 7.58. The molecule has 0 heterocycles. The van der Waals surface area contributed by atoms with Crippen molar-refractivity contribution >= 4 is 23.1 Å². The van der Waals surface area contributed by atoms with E-state index in [1.807, 2.05) is 20.8 Å². The van der Waals surface area contributed by atoms with Crippen LogP contribution in [0.3, 0.4) is 0 Å². The molecule has 0 aliphatic rings. The van der Waals surface area contributed by atoms with Gasteiger partial charge in [-0.2, -0.15) is 0 Å². The molecule has 0 saturated carbocycles. The Kier molecular flexibility index (Phi) is 5.88. The van der Waals surface area contributed by atoms with Crippen LogP contribution >= 0.6 is 0 Å². The molecule has 1 aromatic carbocycles. The Morgan fingerprint density at radius 3 is 2.62 bits per heavy atom. The third-order valence-corrected chi connectivity index (χ3v) is 3.93. The Labute approximate surface area is 127 Å². The minimum atomic E-state index is -2.62. The zero-order valence-corrected chi connectivity index (χ0v) is 13.3. The van der Waals surface area contributed by atoms with Gasteiger partial charge in [-0.1, -0.05) is 19.1 Å². The minimum absolute atomic E-state index is 0.485. The number of carbonyl (C=O) groups is 1. The van der Waals surface area contributed by atoms with E-state index in [0.29, 0.717) is 17.7 Å². The van der Waals surface area contributed by atoms with Gasteiger partial charge in [-0.15, -0.1) is 0 Å². The highest BCUT2D eigenvalue weighted by molar-refractivity contribution is 7.74. The number of amides is 1. The normalized spacial score (nSPS) is 14.5. The molecule has 1 rings (SSSR count). The maximum absolute atomic E-state index is 11.6. The molecule has 0 fully saturated rings. The molecule has 6 nitrogen and oxygen atoms in total. The van der Waals surface area contributed by atoms with E-state index in [4.69, 9.17) is 4.18 Å². The second kappa shape index (κ2) is 7.02. The summed E-state index contributed by atoms with van der Waals surface area (Å²) in [5, 5.41) is 9.46. The van der Waals surface area contributed by atoms with Gasteiger partial charge in [0.05, 0.1) is 17.5 Å². The van der Waals surface area contributed by atoms with Crippen molar-refractivity contribution in [2.75, 3.05) is 4.90 Å². The van der Waals surface area contributed by atoms with Crippen LogP contribution in [0.25, 0.3) is 0 Å². The largest absolute Gasteiger partial charge is 0.750 e. The third kappa shape index (κ3) is 4.52. The molecule has 2 atom stereocenters. The lowest BCUT2D eigenvalue weighted by molar-refractivity contribution is 0.193. The number of anilines is 1. The fraction of sp³-hybridized carbons (Fsp3) is 0.500. The smallest absolute Gasteiger partial charge is 0.412 e. The minimum Gasteiger partial charge on any atom is -0.750 e. The summed E-state index contributed by atoms with van der Waals surface area (Å²) in [4.78, 5) is 12.8. The van der Waals surface area contributed by atoms with Gasteiger partial charge >= 0.3 is 6.09 Å². The fourth-order valence-corrected chi connectivity index (χ4v) is 2.31. The summed E-state index contributed by atoms with van der Waals surface area (Å²) >= 11 is -2.62. The van der Waals surface area contributed by atoms with Gasteiger partial charge in [0.1, 0.15) is 0 Å². The topological polar surface area (TPSA) is 89.9 Å². The highest BCUT2D eigenvalue weighted by atomic mass is 32.2. The van der Waals surface area contributed by atoms with E-state index in [0.717, 1.165) is 0 Å². The number of hydrogen-bond donors (Lipinski definition) is 1. The molecule has 0 bridgehead atoms. The van der Waals surface area contributed by atoms with Gasteiger partial charge in [0, 0.05) is 11.2 Å². The number of carboxylic acid groups (broad SMARTS) is 1. The Balaban J connectivity index is 3.17. The molecule has 0 saturated heterocycles. The van der Waals surface area contributed by atoms with E-state index < -0.39 is 29.1 Å². The highest BCUT2D eigenvalue weighted by Crippen LogP contribution is 2.29. The molecule has 1 aromatic rings. The maximum Gasteiger partial charge on any atom is 0.412 e. The monoisotopic (exact) mass is 314 g/mol. The van der Waals surface area contributed by atoms with Crippen molar-refractivity contribution < 1.29 is 22.8 Å². The van der Waals surface area contributed by atoms with Crippen molar-refractivity contribution in [2.24, 2.45) is 0 Å². The molecule has 1 amide bonds. The van der Waals surface area contributed by atoms with Crippen LogP contribution in [0.2, 0.25) is 0 Å². The van der Waals surface area contributed by atoms with Crippen LogP contribution < -0.4 is 4.90 Å². The molecule has 0 radical (unpaired) electrons. The van der Waals surface area contributed by atoms with Gasteiger partial charge in [-0.05, 0) is 44.9 Å². The van der Waals surface area contributed by atoms with Gasteiger partial charge in [0.2, 0.25) is 0 Å². The molecular formula is C14H20NO5S-. The van der Waals surface area contributed by atoms with Crippen LogP contribution in [0.4, 0.5) is 10.5 Å². The second-order valence-corrected chi connectivity index (χ2v) is 5.92. The summed E-state index contributed by atoms with van der Waals surface area (Å²) in [6.45, 7) is 7.16. The molecule has 1 N–H and O–H groups in total. The molecule has 0 aliphatic heterocycles. The summed E-state index contributed by atoms with van der Waals surface area (Å²) in [6.07, 6.45) is -1.09. The molecular weight excluding hydrogens is 294 g/mol. The summed E-state index contributed by atoms with van der Waals surface area (Å²) < 4.78 is 25.9. The standard InChI is InChI=1S/C14H21NO5S/c1-5-14(3,4)15(13(16)17)12-8-6-7-11(9-12)10(2)20-21(18)19/h6-10H,5H2,1-4H3,(H,16,17)(H,18,19)/p-1. The lowest BCUT2D eigenvalue weighted by Crippen LogP contribution is -2.47. The van der Waals surface area contributed by atoms with Gasteiger partial charge in [0.15, 0.2) is 0 Å². The molecule has 21 heavy (non-hydrogen) atoms. The zero-order valence-electron chi connectivity index (χ0n) is 12.5. The van der Waals surface area contributed by atoms with E-state index in [1.54, 1.807) is 31.2 Å². The molecule has 0 spiro atoms. The molecule has 2 unspecified atom stereocenters. The molecule has 118 valence electrons. The first-order chi connectivity index (χ1) is 9.69. The van der Waals surface area contributed by atoms with E-state index >= 15 is 0 Å². The first kappa shape index (κ1) is 17.6. The average Bonchev–Trinajstić information content (AvgIpc) is 2.37. The van der Waals surface area contributed by atoms with E-state index in [9.17, 15) is 18.7 Å². The molecule has 7 heteroatoms. The third-order valence-electron chi connectivity index (χ3n) is 3.48. The van der Waals surface area contributed by atoms with Crippen LogP contribution in [0.15, 0.2) is 24.3 Å².